The van der Waals surface area contributed by atoms with E-state index in [4.69, 9.17) is 9.47 Å². The van der Waals surface area contributed by atoms with Crippen LogP contribution in [0.4, 0.5) is 11.4 Å². The van der Waals surface area contributed by atoms with Crippen LogP contribution in [0.25, 0.3) is 0 Å². The van der Waals surface area contributed by atoms with E-state index in [1.165, 1.54) is 16.7 Å². The minimum Gasteiger partial charge on any atom is -0.490 e. The summed E-state index contributed by atoms with van der Waals surface area (Å²) in [5, 5.41) is 6.57. The quantitative estimate of drug-likeness (QED) is 0.774. The maximum atomic E-state index is 5.50. The Kier molecular flexibility index (Phi) is 4.60. The monoisotopic (exact) mass is 312 g/mol. The lowest BCUT2D eigenvalue weighted by Crippen LogP contribution is -2.18. The summed E-state index contributed by atoms with van der Waals surface area (Å²) < 4.78 is 10.9. The summed E-state index contributed by atoms with van der Waals surface area (Å²) in [5.41, 5.74) is 6.09. The average molecular weight is 312 g/mol. The summed E-state index contributed by atoms with van der Waals surface area (Å²) >= 11 is 0. The predicted octanol–water partition coefficient (Wildman–Crippen LogP) is 3.91. The zero-order valence-corrected chi connectivity index (χ0v) is 14.0. The van der Waals surface area contributed by atoms with Gasteiger partial charge in [-0.3, -0.25) is 0 Å². The molecule has 0 saturated heterocycles. The van der Waals surface area contributed by atoms with Crippen molar-refractivity contribution in [1.29, 1.82) is 0 Å². The second-order valence-corrected chi connectivity index (χ2v) is 5.98. The van der Waals surface area contributed by atoms with Crippen molar-refractivity contribution in [1.82, 2.24) is 0 Å². The van der Waals surface area contributed by atoms with Gasteiger partial charge in [0.25, 0.3) is 0 Å². The van der Waals surface area contributed by atoms with E-state index >= 15 is 0 Å². The first kappa shape index (κ1) is 15.5. The summed E-state index contributed by atoms with van der Waals surface area (Å²) in [7, 11) is 0. The molecule has 0 atom stereocenters. The molecule has 0 aliphatic carbocycles. The van der Waals surface area contributed by atoms with Gasteiger partial charge in [-0.25, -0.2) is 0 Å². The molecule has 0 spiro atoms. The third kappa shape index (κ3) is 3.70. The Labute approximate surface area is 137 Å². The number of anilines is 2. The first-order chi connectivity index (χ1) is 11.1. The van der Waals surface area contributed by atoms with Crippen LogP contribution in [0.2, 0.25) is 0 Å². The van der Waals surface area contributed by atoms with E-state index in [0.29, 0.717) is 0 Å². The van der Waals surface area contributed by atoms with Gasteiger partial charge >= 0.3 is 0 Å². The average Bonchev–Trinajstić information content (AvgIpc) is 2.56. The van der Waals surface area contributed by atoms with Crippen molar-refractivity contribution >= 4 is 11.4 Å². The molecule has 2 aromatic rings. The molecule has 2 aliphatic heterocycles. The molecule has 4 nitrogen and oxygen atoms in total. The van der Waals surface area contributed by atoms with Crippen molar-refractivity contribution in [2.24, 2.45) is 0 Å². The third-order valence-corrected chi connectivity index (χ3v) is 4.08. The third-order valence-electron chi connectivity index (χ3n) is 4.08. The van der Waals surface area contributed by atoms with Gasteiger partial charge in [0, 0.05) is 13.1 Å². The zero-order chi connectivity index (χ0) is 16.2. The fourth-order valence-corrected chi connectivity index (χ4v) is 2.64. The molecule has 0 saturated carbocycles. The molecule has 0 aromatic heterocycles. The number of nitrogens with one attached hydrogen (secondary N) is 2. The molecule has 2 heterocycles. The van der Waals surface area contributed by atoms with E-state index in [1.807, 2.05) is 0 Å². The van der Waals surface area contributed by atoms with E-state index < -0.39 is 0 Å². The molecule has 122 valence electrons. The van der Waals surface area contributed by atoms with Crippen LogP contribution in [0, 0.1) is 20.8 Å². The lowest BCUT2D eigenvalue weighted by molar-refractivity contribution is 0.323. The van der Waals surface area contributed by atoms with Gasteiger partial charge in [-0.1, -0.05) is 6.07 Å². The number of ether oxygens (including phenoxy) is 2. The highest BCUT2D eigenvalue weighted by atomic mass is 16.5. The molecule has 2 aromatic carbocycles. The van der Waals surface area contributed by atoms with Gasteiger partial charge in [0.1, 0.15) is 24.7 Å². The van der Waals surface area contributed by atoms with Crippen molar-refractivity contribution in [2.75, 3.05) is 36.9 Å². The highest BCUT2D eigenvalue weighted by Crippen LogP contribution is 2.30. The van der Waals surface area contributed by atoms with Crippen LogP contribution < -0.4 is 20.1 Å². The Hall–Kier alpha value is -2.36. The Morgan fingerprint density at radius 3 is 2.09 bits per heavy atom. The second kappa shape index (κ2) is 6.82. The fraction of sp³-hybridized carbons (Fsp3) is 0.368. The van der Waals surface area contributed by atoms with E-state index in [2.05, 4.69) is 61.7 Å². The Balaban J connectivity index is 0.000000136. The van der Waals surface area contributed by atoms with E-state index in [9.17, 15) is 0 Å². The smallest absolute Gasteiger partial charge is 0.142 e. The SMILES string of the molecule is Cc1cc2c(cc1C)OCCN2.Cc1ccc2c(c1)OCCN2. The molecule has 2 aliphatic rings. The van der Waals surface area contributed by atoms with Gasteiger partial charge in [-0.15, -0.1) is 0 Å². The molecule has 0 fully saturated rings. The maximum absolute atomic E-state index is 5.50. The van der Waals surface area contributed by atoms with Crippen LogP contribution in [-0.4, -0.2) is 26.3 Å². The van der Waals surface area contributed by atoms with Crippen molar-refractivity contribution in [3.63, 3.8) is 0 Å². The van der Waals surface area contributed by atoms with Crippen LogP contribution in [0.15, 0.2) is 30.3 Å². The van der Waals surface area contributed by atoms with Crippen LogP contribution in [0.1, 0.15) is 16.7 Å². The summed E-state index contributed by atoms with van der Waals surface area (Å²) in [6.07, 6.45) is 0. The summed E-state index contributed by atoms with van der Waals surface area (Å²) in [4.78, 5) is 0. The van der Waals surface area contributed by atoms with Gasteiger partial charge in [0.05, 0.1) is 11.4 Å². The fourth-order valence-electron chi connectivity index (χ4n) is 2.64. The van der Waals surface area contributed by atoms with Gasteiger partial charge in [0.2, 0.25) is 0 Å². The van der Waals surface area contributed by atoms with Crippen molar-refractivity contribution < 1.29 is 9.47 Å². The molecular formula is C19H24N2O2. The number of rotatable bonds is 0. The number of fused-ring (bicyclic) bond motifs is 2. The van der Waals surface area contributed by atoms with E-state index in [-0.39, 0.29) is 0 Å². The lowest BCUT2D eigenvalue weighted by atomic mass is 10.1. The number of benzene rings is 2. The van der Waals surface area contributed by atoms with Gasteiger partial charge in [0.15, 0.2) is 0 Å². The first-order valence-electron chi connectivity index (χ1n) is 8.09. The summed E-state index contributed by atoms with van der Waals surface area (Å²) in [6.45, 7) is 9.66. The van der Waals surface area contributed by atoms with E-state index in [0.717, 1.165) is 49.2 Å². The molecule has 23 heavy (non-hydrogen) atoms. The molecular weight excluding hydrogens is 288 g/mol. The predicted molar refractivity (Wildman–Crippen MR) is 95.1 cm³/mol. The number of aryl methyl sites for hydroxylation is 3. The van der Waals surface area contributed by atoms with Crippen LogP contribution in [-0.2, 0) is 0 Å². The molecule has 0 bridgehead atoms. The van der Waals surface area contributed by atoms with E-state index in [1.54, 1.807) is 0 Å². The number of hydrogen-bond donors (Lipinski definition) is 2. The summed E-state index contributed by atoms with van der Waals surface area (Å²) in [6, 6.07) is 10.4. The molecule has 0 unspecified atom stereocenters. The Morgan fingerprint density at radius 2 is 1.35 bits per heavy atom. The minimum atomic E-state index is 0.773. The maximum Gasteiger partial charge on any atom is 0.142 e. The first-order valence-corrected chi connectivity index (χ1v) is 8.09. The molecule has 0 amide bonds. The van der Waals surface area contributed by atoms with Crippen LogP contribution >= 0.6 is 0 Å². The normalized spacial score (nSPS) is 14.6. The van der Waals surface area contributed by atoms with Crippen molar-refractivity contribution in [3.8, 4) is 11.5 Å². The standard InChI is InChI=1S/C10H13NO.C9H11NO/c1-7-5-9-10(6-8(7)2)12-4-3-11-9;1-7-2-3-8-9(6-7)11-5-4-10-8/h5-6,11H,3-4H2,1-2H3;2-3,6,10H,4-5H2,1H3. The van der Waals surface area contributed by atoms with Crippen LogP contribution in [0.5, 0.6) is 11.5 Å². The van der Waals surface area contributed by atoms with Crippen LogP contribution in [0.3, 0.4) is 0 Å². The largest absolute Gasteiger partial charge is 0.490 e. The second-order valence-electron chi connectivity index (χ2n) is 5.98. The Bertz CT molecular complexity index is 667. The van der Waals surface area contributed by atoms with Gasteiger partial charge in [-0.05, 0) is 61.7 Å². The Morgan fingerprint density at radius 1 is 0.739 bits per heavy atom. The zero-order valence-electron chi connectivity index (χ0n) is 14.0. The van der Waals surface area contributed by atoms with Gasteiger partial charge in [-0.2, -0.15) is 0 Å². The topological polar surface area (TPSA) is 42.5 Å². The van der Waals surface area contributed by atoms with Crippen molar-refractivity contribution in [2.45, 2.75) is 20.8 Å². The molecule has 4 rings (SSSR count). The highest BCUT2D eigenvalue weighted by Gasteiger charge is 2.10. The lowest BCUT2D eigenvalue weighted by Gasteiger charge is -2.20. The number of hydrogen-bond acceptors (Lipinski definition) is 4. The minimum absolute atomic E-state index is 0.773. The van der Waals surface area contributed by atoms with Gasteiger partial charge < -0.3 is 20.1 Å². The molecule has 2 N–H and O–H groups in total. The van der Waals surface area contributed by atoms with Crippen molar-refractivity contribution in [3.05, 3.63) is 47.0 Å². The highest BCUT2D eigenvalue weighted by molar-refractivity contribution is 5.61. The summed E-state index contributed by atoms with van der Waals surface area (Å²) in [5.74, 6) is 1.97. The molecule has 4 heteroatoms. The molecule has 0 radical (unpaired) electrons.